The number of nitrogens with one attached hydrogen (secondary N) is 1. The van der Waals surface area contributed by atoms with Crippen molar-refractivity contribution >= 4 is 21.6 Å². The first-order valence-electron chi connectivity index (χ1n) is 6.05. The first-order chi connectivity index (χ1) is 9.83. The van der Waals surface area contributed by atoms with E-state index in [1.165, 1.54) is 0 Å². The maximum absolute atomic E-state index is 5.21. The van der Waals surface area contributed by atoms with Crippen molar-refractivity contribution in [1.29, 1.82) is 0 Å². The second kappa shape index (κ2) is 5.83. The van der Waals surface area contributed by atoms with Gasteiger partial charge in [-0.15, -0.1) is 0 Å². The summed E-state index contributed by atoms with van der Waals surface area (Å²) in [6.07, 6.45) is 1.69. The molecule has 6 heteroatoms. The minimum atomic E-state index is 0.474. The molecule has 0 bridgehead atoms. The molecule has 5 nitrogen and oxygen atoms in total. The van der Waals surface area contributed by atoms with Gasteiger partial charge in [-0.05, 0) is 40.2 Å². The van der Waals surface area contributed by atoms with Crippen LogP contribution in [0.25, 0.3) is 11.5 Å². The van der Waals surface area contributed by atoms with Crippen molar-refractivity contribution < 1.29 is 4.52 Å². The fourth-order valence-corrected chi connectivity index (χ4v) is 2.14. The smallest absolute Gasteiger partial charge is 0.246 e. The molecule has 2 heterocycles. The second-order valence-electron chi connectivity index (χ2n) is 4.07. The number of anilines is 1. The maximum Gasteiger partial charge on any atom is 0.246 e. The Bertz CT molecular complexity index is 699. The molecule has 3 aromatic rings. The van der Waals surface area contributed by atoms with Gasteiger partial charge in [0.1, 0.15) is 5.69 Å². The summed E-state index contributed by atoms with van der Waals surface area (Å²) >= 11 is 3.42. The second-order valence-corrected chi connectivity index (χ2v) is 4.92. The van der Waals surface area contributed by atoms with E-state index in [1.54, 1.807) is 6.20 Å². The van der Waals surface area contributed by atoms with E-state index in [9.17, 15) is 0 Å². The largest absolute Gasteiger partial charge is 0.376 e. The molecular formula is C14H11BrN4O. The van der Waals surface area contributed by atoms with E-state index in [4.69, 9.17) is 4.52 Å². The number of hydrogen-bond donors (Lipinski definition) is 1. The maximum atomic E-state index is 5.21. The summed E-state index contributed by atoms with van der Waals surface area (Å²) in [6, 6.07) is 13.6. The van der Waals surface area contributed by atoms with Crippen molar-refractivity contribution in [3.05, 3.63) is 59.0 Å². The molecule has 100 valence electrons. The molecular weight excluding hydrogens is 320 g/mol. The standard InChI is InChI=1S/C14H11BrN4O/c15-11-7-4-8-16-13(11)14-18-12(20-19-14)9-17-10-5-2-1-3-6-10/h1-8,17H,9H2. The zero-order chi connectivity index (χ0) is 13.8. The summed E-state index contributed by atoms with van der Waals surface area (Å²) in [5.74, 6) is 0.990. The molecule has 0 amide bonds. The molecule has 2 aromatic heterocycles. The van der Waals surface area contributed by atoms with E-state index in [1.807, 2.05) is 42.5 Å². The van der Waals surface area contributed by atoms with Gasteiger partial charge in [-0.25, -0.2) is 0 Å². The molecule has 0 atom stereocenters. The Hall–Kier alpha value is -2.21. The number of rotatable bonds is 4. The van der Waals surface area contributed by atoms with Crippen molar-refractivity contribution in [3.8, 4) is 11.5 Å². The normalized spacial score (nSPS) is 10.4. The highest BCUT2D eigenvalue weighted by atomic mass is 79.9. The van der Waals surface area contributed by atoms with Crippen LogP contribution in [0.5, 0.6) is 0 Å². The zero-order valence-corrected chi connectivity index (χ0v) is 12.0. The highest BCUT2D eigenvalue weighted by molar-refractivity contribution is 9.10. The lowest BCUT2D eigenvalue weighted by atomic mass is 10.3. The molecule has 0 fully saturated rings. The quantitative estimate of drug-likeness (QED) is 0.793. The molecule has 1 aromatic carbocycles. The molecule has 0 aliphatic heterocycles. The van der Waals surface area contributed by atoms with Gasteiger partial charge in [-0.1, -0.05) is 23.4 Å². The van der Waals surface area contributed by atoms with E-state index in [2.05, 4.69) is 36.4 Å². The van der Waals surface area contributed by atoms with Crippen molar-refractivity contribution in [2.24, 2.45) is 0 Å². The summed E-state index contributed by atoms with van der Waals surface area (Å²) in [7, 11) is 0. The van der Waals surface area contributed by atoms with Crippen LogP contribution in [-0.4, -0.2) is 15.1 Å². The summed E-state index contributed by atoms with van der Waals surface area (Å²) < 4.78 is 6.05. The minimum Gasteiger partial charge on any atom is -0.376 e. The van der Waals surface area contributed by atoms with E-state index in [-0.39, 0.29) is 0 Å². The molecule has 0 saturated carbocycles. The molecule has 0 radical (unpaired) electrons. The Morgan fingerprint density at radius 1 is 1.10 bits per heavy atom. The predicted molar refractivity (Wildman–Crippen MR) is 79.0 cm³/mol. The zero-order valence-electron chi connectivity index (χ0n) is 10.5. The topological polar surface area (TPSA) is 63.8 Å². The Kier molecular flexibility index (Phi) is 3.73. The average molecular weight is 331 g/mol. The third-order valence-electron chi connectivity index (χ3n) is 2.66. The molecule has 3 rings (SSSR count). The van der Waals surface area contributed by atoms with Gasteiger partial charge in [0.25, 0.3) is 0 Å². The lowest BCUT2D eigenvalue weighted by Gasteiger charge is -2.01. The summed E-state index contributed by atoms with van der Waals surface area (Å²) in [5, 5.41) is 7.15. The van der Waals surface area contributed by atoms with Crippen LogP contribution in [0.2, 0.25) is 0 Å². The van der Waals surface area contributed by atoms with Gasteiger partial charge < -0.3 is 9.84 Å². The number of aromatic nitrogens is 3. The van der Waals surface area contributed by atoms with Gasteiger partial charge in [0.15, 0.2) is 0 Å². The fourth-order valence-electron chi connectivity index (χ4n) is 1.71. The van der Waals surface area contributed by atoms with E-state index in [0.29, 0.717) is 24.0 Å². The van der Waals surface area contributed by atoms with Gasteiger partial charge in [-0.2, -0.15) is 4.98 Å². The van der Waals surface area contributed by atoms with Crippen molar-refractivity contribution in [3.63, 3.8) is 0 Å². The number of para-hydroxylation sites is 1. The van der Waals surface area contributed by atoms with Crippen molar-refractivity contribution in [2.45, 2.75) is 6.54 Å². The fraction of sp³-hybridized carbons (Fsp3) is 0.0714. The first-order valence-corrected chi connectivity index (χ1v) is 6.84. The van der Waals surface area contributed by atoms with Crippen LogP contribution in [0.3, 0.4) is 0 Å². The van der Waals surface area contributed by atoms with E-state index < -0.39 is 0 Å². The van der Waals surface area contributed by atoms with Crippen molar-refractivity contribution in [2.75, 3.05) is 5.32 Å². The van der Waals surface area contributed by atoms with Gasteiger partial charge in [0, 0.05) is 16.4 Å². The van der Waals surface area contributed by atoms with Crippen LogP contribution in [-0.2, 0) is 6.54 Å². The lowest BCUT2D eigenvalue weighted by Crippen LogP contribution is -1.99. The van der Waals surface area contributed by atoms with E-state index in [0.717, 1.165) is 10.2 Å². The molecule has 0 saturated heterocycles. The van der Waals surface area contributed by atoms with Crippen LogP contribution in [0.1, 0.15) is 5.89 Å². The monoisotopic (exact) mass is 330 g/mol. The number of nitrogens with zero attached hydrogens (tertiary/aromatic N) is 3. The Balaban J connectivity index is 1.73. The van der Waals surface area contributed by atoms with Gasteiger partial charge in [0.2, 0.25) is 11.7 Å². The molecule has 1 N–H and O–H groups in total. The average Bonchev–Trinajstić information content (AvgIpc) is 2.95. The molecule has 0 unspecified atom stereocenters. The van der Waals surface area contributed by atoms with Crippen molar-refractivity contribution in [1.82, 2.24) is 15.1 Å². The molecule has 0 aliphatic carbocycles. The van der Waals surface area contributed by atoms with Crippen LogP contribution in [0.15, 0.2) is 57.7 Å². The van der Waals surface area contributed by atoms with Crippen LogP contribution < -0.4 is 5.32 Å². The SMILES string of the molecule is Brc1cccnc1-c1noc(CNc2ccccc2)n1. The van der Waals surface area contributed by atoms with Crippen LogP contribution >= 0.6 is 15.9 Å². The number of hydrogen-bond acceptors (Lipinski definition) is 5. The summed E-state index contributed by atoms with van der Waals surface area (Å²) in [5.41, 5.74) is 1.67. The molecule has 20 heavy (non-hydrogen) atoms. The number of pyridine rings is 1. The summed E-state index contributed by atoms with van der Waals surface area (Å²) in [6.45, 7) is 0.474. The Morgan fingerprint density at radius 2 is 1.95 bits per heavy atom. The number of halogens is 1. The first kappa shape index (κ1) is 12.8. The van der Waals surface area contributed by atoms with Crippen LogP contribution in [0, 0.1) is 0 Å². The van der Waals surface area contributed by atoms with Gasteiger partial charge >= 0.3 is 0 Å². The molecule has 0 spiro atoms. The summed E-state index contributed by atoms with van der Waals surface area (Å²) in [4.78, 5) is 8.55. The van der Waals surface area contributed by atoms with Crippen LogP contribution in [0.4, 0.5) is 5.69 Å². The highest BCUT2D eigenvalue weighted by Gasteiger charge is 2.12. The highest BCUT2D eigenvalue weighted by Crippen LogP contribution is 2.22. The van der Waals surface area contributed by atoms with Gasteiger partial charge in [-0.3, -0.25) is 4.98 Å². The Morgan fingerprint density at radius 3 is 2.75 bits per heavy atom. The third-order valence-corrected chi connectivity index (χ3v) is 3.30. The predicted octanol–water partition coefficient (Wildman–Crippen LogP) is 3.51. The third kappa shape index (κ3) is 2.85. The van der Waals surface area contributed by atoms with E-state index >= 15 is 0 Å². The van der Waals surface area contributed by atoms with Gasteiger partial charge in [0.05, 0.1) is 6.54 Å². The minimum absolute atomic E-state index is 0.474. The molecule has 0 aliphatic rings. The Labute approximate surface area is 124 Å². The number of benzene rings is 1. The lowest BCUT2D eigenvalue weighted by molar-refractivity contribution is 0.384.